The number of nitrogens with two attached hydrogens (primary N) is 1. The lowest BCUT2D eigenvalue weighted by Gasteiger charge is -2.20. The third kappa shape index (κ3) is 2.57. The predicted molar refractivity (Wildman–Crippen MR) is 66.6 cm³/mol. The Morgan fingerprint density at radius 3 is 2.71 bits per heavy atom. The molecular formula is C14H17NO2. The Labute approximate surface area is 101 Å². The highest BCUT2D eigenvalue weighted by Gasteiger charge is 2.23. The van der Waals surface area contributed by atoms with E-state index in [1.54, 1.807) is 18.4 Å². The summed E-state index contributed by atoms with van der Waals surface area (Å²) in [5.74, 6) is 0.419. The van der Waals surface area contributed by atoms with Crippen molar-refractivity contribution in [2.24, 2.45) is 5.73 Å². The molecule has 0 bridgehead atoms. The van der Waals surface area contributed by atoms with Gasteiger partial charge in [-0.25, -0.2) is 0 Å². The summed E-state index contributed by atoms with van der Waals surface area (Å²) in [5.41, 5.74) is 7.96. The van der Waals surface area contributed by atoms with Crippen LogP contribution in [0, 0.1) is 6.92 Å². The summed E-state index contributed by atoms with van der Waals surface area (Å²) in [6.45, 7) is 2.40. The molecule has 0 amide bonds. The molecule has 2 atom stereocenters. The first-order chi connectivity index (χ1) is 8.22. The topological polar surface area (TPSA) is 59.4 Å². The van der Waals surface area contributed by atoms with Crippen molar-refractivity contribution in [1.82, 2.24) is 0 Å². The molecule has 2 aromatic rings. The standard InChI is InChI=1S/C14H17NO2/c1-10-4-2-5-11(8-10)12(9-15)14(16)13-6-3-7-17-13/h2-8,12,14,16H,9,15H2,1H3. The van der Waals surface area contributed by atoms with Crippen molar-refractivity contribution >= 4 is 0 Å². The van der Waals surface area contributed by atoms with Crippen LogP contribution in [0.25, 0.3) is 0 Å². The molecule has 1 heterocycles. The van der Waals surface area contributed by atoms with E-state index in [1.165, 1.54) is 0 Å². The minimum absolute atomic E-state index is 0.138. The minimum Gasteiger partial charge on any atom is -0.467 e. The van der Waals surface area contributed by atoms with Crippen molar-refractivity contribution in [2.45, 2.75) is 18.9 Å². The molecular weight excluding hydrogens is 214 g/mol. The van der Waals surface area contributed by atoms with Gasteiger partial charge in [0, 0.05) is 12.5 Å². The van der Waals surface area contributed by atoms with Crippen LogP contribution in [0.5, 0.6) is 0 Å². The van der Waals surface area contributed by atoms with E-state index in [1.807, 2.05) is 31.2 Å². The number of aliphatic hydroxyl groups excluding tert-OH is 1. The number of hydrogen-bond acceptors (Lipinski definition) is 3. The highest BCUT2D eigenvalue weighted by atomic mass is 16.4. The number of aryl methyl sites for hydroxylation is 1. The second kappa shape index (κ2) is 5.17. The Morgan fingerprint density at radius 2 is 2.12 bits per heavy atom. The molecule has 90 valence electrons. The predicted octanol–water partition coefficient (Wildman–Crippen LogP) is 2.36. The molecule has 0 aliphatic carbocycles. The summed E-state index contributed by atoms with van der Waals surface area (Å²) in [6.07, 6.45) is 0.861. The van der Waals surface area contributed by atoms with Crippen molar-refractivity contribution in [1.29, 1.82) is 0 Å². The zero-order chi connectivity index (χ0) is 12.3. The Kier molecular flexibility index (Phi) is 3.61. The van der Waals surface area contributed by atoms with Gasteiger partial charge in [0.1, 0.15) is 11.9 Å². The van der Waals surface area contributed by atoms with E-state index >= 15 is 0 Å². The molecule has 3 heteroatoms. The largest absolute Gasteiger partial charge is 0.467 e. The van der Waals surface area contributed by atoms with E-state index in [2.05, 4.69) is 0 Å². The van der Waals surface area contributed by atoms with Crippen LogP contribution < -0.4 is 5.73 Å². The molecule has 0 fully saturated rings. The molecule has 2 rings (SSSR count). The number of benzene rings is 1. The van der Waals surface area contributed by atoms with Gasteiger partial charge in [-0.1, -0.05) is 29.8 Å². The maximum absolute atomic E-state index is 10.2. The van der Waals surface area contributed by atoms with Crippen molar-refractivity contribution < 1.29 is 9.52 Å². The van der Waals surface area contributed by atoms with Gasteiger partial charge in [0.05, 0.1) is 6.26 Å². The molecule has 17 heavy (non-hydrogen) atoms. The Hall–Kier alpha value is -1.58. The summed E-state index contributed by atoms with van der Waals surface area (Å²) in [7, 11) is 0. The van der Waals surface area contributed by atoms with Gasteiger partial charge >= 0.3 is 0 Å². The molecule has 3 N–H and O–H groups in total. The molecule has 0 saturated carbocycles. The van der Waals surface area contributed by atoms with Gasteiger partial charge in [0.2, 0.25) is 0 Å². The Morgan fingerprint density at radius 1 is 1.29 bits per heavy atom. The van der Waals surface area contributed by atoms with E-state index in [0.717, 1.165) is 11.1 Å². The van der Waals surface area contributed by atoms with Crippen LogP contribution in [0.3, 0.4) is 0 Å². The smallest absolute Gasteiger partial charge is 0.132 e. The first-order valence-electron chi connectivity index (χ1n) is 5.70. The zero-order valence-corrected chi connectivity index (χ0v) is 9.84. The summed E-state index contributed by atoms with van der Waals surface area (Å²) < 4.78 is 5.22. The number of furan rings is 1. The van der Waals surface area contributed by atoms with Gasteiger partial charge in [-0.2, -0.15) is 0 Å². The van der Waals surface area contributed by atoms with E-state index in [9.17, 15) is 5.11 Å². The molecule has 0 spiro atoms. The van der Waals surface area contributed by atoms with Crippen molar-refractivity contribution in [3.8, 4) is 0 Å². The average Bonchev–Trinajstić information content (AvgIpc) is 2.83. The van der Waals surface area contributed by atoms with Crippen LogP contribution in [0.1, 0.15) is 28.9 Å². The van der Waals surface area contributed by atoms with E-state index in [-0.39, 0.29) is 5.92 Å². The lowest BCUT2D eigenvalue weighted by Crippen LogP contribution is -2.19. The van der Waals surface area contributed by atoms with Crippen LogP contribution in [-0.4, -0.2) is 11.7 Å². The van der Waals surface area contributed by atoms with Crippen LogP contribution in [-0.2, 0) is 0 Å². The minimum atomic E-state index is -0.697. The van der Waals surface area contributed by atoms with Gasteiger partial charge in [-0.15, -0.1) is 0 Å². The molecule has 0 aliphatic heterocycles. The Bertz CT molecular complexity index is 465. The van der Waals surface area contributed by atoms with Gasteiger partial charge in [-0.3, -0.25) is 0 Å². The number of hydrogen-bond donors (Lipinski definition) is 2. The van der Waals surface area contributed by atoms with Crippen molar-refractivity contribution in [3.05, 3.63) is 59.5 Å². The monoisotopic (exact) mass is 231 g/mol. The quantitative estimate of drug-likeness (QED) is 0.849. The van der Waals surface area contributed by atoms with Gasteiger partial charge in [0.25, 0.3) is 0 Å². The third-order valence-electron chi connectivity index (χ3n) is 2.94. The number of aliphatic hydroxyl groups is 1. The maximum Gasteiger partial charge on any atom is 0.132 e. The van der Waals surface area contributed by atoms with Gasteiger partial charge in [0.15, 0.2) is 0 Å². The average molecular weight is 231 g/mol. The normalized spacial score (nSPS) is 14.5. The third-order valence-corrected chi connectivity index (χ3v) is 2.94. The summed E-state index contributed by atoms with van der Waals surface area (Å²) >= 11 is 0. The van der Waals surface area contributed by atoms with E-state index < -0.39 is 6.10 Å². The van der Waals surface area contributed by atoms with Crippen LogP contribution in [0.2, 0.25) is 0 Å². The molecule has 0 saturated heterocycles. The van der Waals surface area contributed by atoms with Gasteiger partial charge < -0.3 is 15.3 Å². The fourth-order valence-corrected chi connectivity index (χ4v) is 2.01. The van der Waals surface area contributed by atoms with Crippen molar-refractivity contribution in [3.63, 3.8) is 0 Å². The van der Waals surface area contributed by atoms with Crippen molar-refractivity contribution in [2.75, 3.05) is 6.54 Å². The first-order valence-corrected chi connectivity index (χ1v) is 5.70. The van der Waals surface area contributed by atoms with E-state index in [0.29, 0.717) is 12.3 Å². The number of rotatable bonds is 4. The zero-order valence-electron chi connectivity index (χ0n) is 9.84. The lowest BCUT2D eigenvalue weighted by molar-refractivity contribution is 0.122. The van der Waals surface area contributed by atoms with Crippen LogP contribution >= 0.6 is 0 Å². The summed E-state index contributed by atoms with van der Waals surface area (Å²) in [5, 5.41) is 10.2. The second-order valence-corrected chi connectivity index (χ2v) is 4.22. The fraction of sp³-hybridized carbons (Fsp3) is 0.286. The molecule has 3 nitrogen and oxygen atoms in total. The SMILES string of the molecule is Cc1cccc(C(CN)C(O)c2ccco2)c1. The van der Waals surface area contributed by atoms with E-state index in [4.69, 9.17) is 10.2 Å². The molecule has 0 aliphatic rings. The Balaban J connectivity index is 2.27. The molecule has 2 unspecified atom stereocenters. The highest BCUT2D eigenvalue weighted by Crippen LogP contribution is 2.30. The lowest BCUT2D eigenvalue weighted by atomic mass is 9.91. The maximum atomic E-state index is 10.2. The summed E-state index contributed by atoms with van der Waals surface area (Å²) in [6, 6.07) is 11.6. The molecule has 0 radical (unpaired) electrons. The molecule has 1 aromatic heterocycles. The highest BCUT2D eigenvalue weighted by molar-refractivity contribution is 5.28. The van der Waals surface area contributed by atoms with Crippen LogP contribution in [0.15, 0.2) is 47.1 Å². The van der Waals surface area contributed by atoms with Gasteiger partial charge in [-0.05, 0) is 24.6 Å². The molecule has 1 aromatic carbocycles. The fourth-order valence-electron chi connectivity index (χ4n) is 2.01. The first kappa shape index (κ1) is 11.9. The summed E-state index contributed by atoms with van der Waals surface area (Å²) in [4.78, 5) is 0. The second-order valence-electron chi connectivity index (χ2n) is 4.22. The van der Waals surface area contributed by atoms with Crippen LogP contribution in [0.4, 0.5) is 0 Å².